The molecule has 0 amide bonds. The highest BCUT2D eigenvalue weighted by molar-refractivity contribution is 9.09. The van der Waals surface area contributed by atoms with Crippen molar-refractivity contribution in [2.75, 3.05) is 36.5 Å². The molecule has 0 saturated carbocycles. The van der Waals surface area contributed by atoms with Crippen LogP contribution >= 0.6 is 27.3 Å². The molecule has 0 atom stereocenters. The van der Waals surface area contributed by atoms with Crippen LogP contribution in [0.2, 0.25) is 0 Å². The van der Waals surface area contributed by atoms with E-state index in [4.69, 9.17) is 4.74 Å². The van der Waals surface area contributed by atoms with Gasteiger partial charge in [-0.25, -0.2) is 4.98 Å². The summed E-state index contributed by atoms with van der Waals surface area (Å²) in [6.45, 7) is 3.60. The lowest BCUT2D eigenvalue weighted by atomic mass is 10.4. The topological polar surface area (TPSA) is 25.4 Å². The number of morpholine rings is 1. The molecule has 14 heavy (non-hydrogen) atoms. The summed E-state index contributed by atoms with van der Waals surface area (Å²) < 4.78 is 5.30. The van der Waals surface area contributed by atoms with E-state index in [1.165, 1.54) is 4.88 Å². The Morgan fingerprint density at radius 3 is 3.00 bits per heavy atom. The van der Waals surface area contributed by atoms with Crippen LogP contribution in [0.15, 0.2) is 6.20 Å². The molecule has 78 valence electrons. The van der Waals surface area contributed by atoms with Gasteiger partial charge in [0.15, 0.2) is 5.13 Å². The van der Waals surface area contributed by atoms with Crippen LogP contribution in [-0.4, -0.2) is 36.6 Å². The van der Waals surface area contributed by atoms with Gasteiger partial charge in [0.1, 0.15) is 0 Å². The van der Waals surface area contributed by atoms with E-state index < -0.39 is 0 Å². The molecule has 2 heterocycles. The smallest absolute Gasteiger partial charge is 0.185 e. The Morgan fingerprint density at radius 1 is 1.50 bits per heavy atom. The van der Waals surface area contributed by atoms with Crippen molar-refractivity contribution in [3.05, 3.63) is 11.1 Å². The van der Waals surface area contributed by atoms with Crippen molar-refractivity contribution in [2.45, 2.75) is 6.42 Å². The molecule has 1 aromatic rings. The summed E-state index contributed by atoms with van der Waals surface area (Å²) >= 11 is 5.23. The van der Waals surface area contributed by atoms with E-state index in [1.54, 1.807) is 11.3 Å². The number of halogens is 1. The van der Waals surface area contributed by atoms with Crippen LogP contribution in [0.25, 0.3) is 0 Å². The lowest BCUT2D eigenvalue weighted by Gasteiger charge is -2.25. The summed E-state index contributed by atoms with van der Waals surface area (Å²) in [5, 5.41) is 2.15. The van der Waals surface area contributed by atoms with Gasteiger partial charge in [-0.15, -0.1) is 11.3 Å². The molecule has 0 radical (unpaired) electrons. The fraction of sp³-hybridized carbons (Fsp3) is 0.667. The Labute approximate surface area is 96.2 Å². The molecule has 1 fully saturated rings. The molecule has 1 aliphatic rings. The normalized spacial score (nSPS) is 17.4. The number of aromatic nitrogens is 1. The second-order valence-corrected chi connectivity index (χ2v) is 5.03. The highest BCUT2D eigenvalue weighted by atomic mass is 79.9. The van der Waals surface area contributed by atoms with Crippen molar-refractivity contribution in [2.24, 2.45) is 0 Å². The number of aryl methyl sites for hydroxylation is 1. The molecular formula is C9H13BrN2OS. The average molecular weight is 277 g/mol. The largest absolute Gasteiger partial charge is 0.378 e. The maximum absolute atomic E-state index is 5.30. The molecule has 1 aromatic heterocycles. The van der Waals surface area contributed by atoms with Gasteiger partial charge in [-0.05, 0) is 6.42 Å². The minimum Gasteiger partial charge on any atom is -0.378 e. The van der Waals surface area contributed by atoms with Gasteiger partial charge in [-0.2, -0.15) is 0 Å². The number of rotatable bonds is 3. The monoisotopic (exact) mass is 276 g/mol. The molecule has 0 spiro atoms. The third kappa shape index (κ3) is 2.46. The van der Waals surface area contributed by atoms with Crippen LogP contribution in [0.4, 0.5) is 5.13 Å². The van der Waals surface area contributed by atoms with E-state index in [9.17, 15) is 0 Å². The third-order valence-electron chi connectivity index (χ3n) is 2.16. The Morgan fingerprint density at radius 2 is 2.29 bits per heavy atom. The standard InChI is InChI=1S/C9H13BrN2OS/c10-2-1-8-7-11-9(14-8)12-3-5-13-6-4-12/h7H,1-6H2. The van der Waals surface area contributed by atoms with E-state index in [0.717, 1.165) is 43.2 Å². The van der Waals surface area contributed by atoms with E-state index >= 15 is 0 Å². The first-order chi connectivity index (χ1) is 6.90. The zero-order chi connectivity index (χ0) is 9.80. The molecular weight excluding hydrogens is 264 g/mol. The number of hydrogen-bond donors (Lipinski definition) is 0. The maximum Gasteiger partial charge on any atom is 0.185 e. The lowest BCUT2D eigenvalue weighted by molar-refractivity contribution is 0.122. The van der Waals surface area contributed by atoms with Crippen molar-refractivity contribution >= 4 is 32.4 Å². The Kier molecular flexibility index (Phi) is 3.78. The van der Waals surface area contributed by atoms with Crippen LogP contribution in [0.3, 0.4) is 0 Å². The summed E-state index contributed by atoms with van der Waals surface area (Å²) in [6.07, 6.45) is 3.05. The second-order valence-electron chi connectivity index (χ2n) is 3.15. The van der Waals surface area contributed by atoms with E-state index in [0.29, 0.717) is 0 Å². The highest BCUT2D eigenvalue weighted by Crippen LogP contribution is 2.23. The van der Waals surface area contributed by atoms with Crippen molar-refractivity contribution in [3.8, 4) is 0 Å². The van der Waals surface area contributed by atoms with E-state index in [-0.39, 0.29) is 0 Å². The molecule has 3 nitrogen and oxygen atoms in total. The van der Waals surface area contributed by atoms with Gasteiger partial charge in [0.2, 0.25) is 0 Å². The van der Waals surface area contributed by atoms with Crippen LogP contribution in [0.5, 0.6) is 0 Å². The Hall–Kier alpha value is -0.130. The molecule has 2 rings (SSSR count). The van der Waals surface area contributed by atoms with Crippen LogP contribution < -0.4 is 4.90 Å². The minimum atomic E-state index is 0.827. The van der Waals surface area contributed by atoms with Gasteiger partial charge in [0.25, 0.3) is 0 Å². The zero-order valence-corrected chi connectivity index (χ0v) is 10.3. The molecule has 0 bridgehead atoms. The summed E-state index contributed by atoms with van der Waals surface area (Å²) in [6, 6.07) is 0. The zero-order valence-electron chi connectivity index (χ0n) is 7.91. The van der Waals surface area contributed by atoms with Gasteiger partial charge in [0, 0.05) is 29.5 Å². The van der Waals surface area contributed by atoms with E-state index in [2.05, 4.69) is 25.8 Å². The number of ether oxygens (including phenoxy) is 1. The average Bonchev–Trinajstić information content (AvgIpc) is 2.68. The molecule has 0 aliphatic carbocycles. The SMILES string of the molecule is BrCCc1cnc(N2CCOCC2)s1. The van der Waals surface area contributed by atoms with Gasteiger partial charge < -0.3 is 9.64 Å². The highest BCUT2D eigenvalue weighted by Gasteiger charge is 2.14. The second kappa shape index (κ2) is 5.09. The Balaban J connectivity index is 2.00. The quantitative estimate of drug-likeness (QED) is 0.789. The van der Waals surface area contributed by atoms with Crippen molar-refractivity contribution in [1.82, 2.24) is 4.98 Å². The fourth-order valence-corrected chi connectivity index (χ4v) is 3.06. The van der Waals surface area contributed by atoms with Crippen LogP contribution in [0.1, 0.15) is 4.88 Å². The molecule has 0 aromatic carbocycles. The summed E-state index contributed by atoms with van der Waals surface area (Å²) in [4.78, 5) is 8.07. The van der Waals surface area contributed by atoms with Crippen LogP contribution in [0, 0.1) is 0 Å². The molecule has 0 N–H and O–H groups in total. The van der Waals surface area contributed by atoms with Gasteiger partial charge in [-0.3, -0.25) is 0 Å². The molecule has 1 saturated heterocycles. The van der Waals surface area contributed by atoms with Gasteiger partial charge in [-0.1, -0.05) is 15.9 Å². The fourth-order valence-electron chi connectivity index (χ4n) is 1.41. The molecule has 1 aliphatic heterocycles. The van der Waals surface area contributed by atoms with Crippen molar-refractivity contribution in [3.63, 3.8) is 0 Å². The van der Waals surface area contributed by atoms with Gasteiger partial charge in [0.05, 0.1) is 13.2 Å². The number of hydrogen-bond acceptors (Lipinski definition) is 4. The first-order valence-electron chi connectivity index (χ1n) is 4.73. The number of anilines is 1. The molecule has 0 unspecified atom stereocenters. The predicted molar refractivity (Wildman–Crippen MR) is 62.6 cm³/mol. The summed E-state index contributed by atoms with van der Waals surface area (Å²) in [5.74, 6) is 0. The summed E-state index contributed by atoms with van der Waals surface area (Å²) in [7, 11) is 0. The van der Waals surface area contributed by atoms with Crippen molar-refractivity contribution < 1.29 is 4.74 Å². The maximum atomic E-state index is 5.30. The van der Waals surface area contributed by atoms with E-state index in [1.807, 2.05) is 6.20 Å². The lowest BCUT2D eigenvalue weighted by Crippen LogP contribution is -2.36. The Bertz CT molecular complexity index is 286. The first kappa shape index (κ1) is 10.4. The number of thiazole rings is 1. The third-order valence-corrected chi connectivity index (χ3v) is 3.68. The minimum absolute atomic E-state index is 0.827. The predicted octanol–water partition coefficient (Wildman–Crippen LogP) is 1.92. The number of alkyl halides is 1. The summed E-state index contributed by atoms with van der Waals surface area (Å²) in [5.41, 5.74) is 0. The van der Waals surface area contributed by atoms with Crippen molar-refractivity contribution in [1.29, 1.82) is 0 Å². The first-order valence-corrected chi connectivity index (χ1v) is 6.67. The number of nitrogens with zero attached hydrogens (tertiary/aromatic N) is 2. The van der Waals surface area contributed by atoms with Crippen LogP contribution in [-0.2, 0) is 11.2 Å². The van der Waals surface area contributed by atoms with Gasteiger partial charge >= 0.3 is 0 Å². The molecule has 5 heteroatoms.